The summed E-state index contributed by atoms with van der Waals surface area (Å²) in [5.74, 6) is 0.763. The largest absolute Gasteiger partial charge is 0.504 e. The highest BCUT2D eigenvalue weighted by Gasteiger charge is 2.21. The van der Waals surface area contributed by atoms with Crippen molar-refractivity contribution in [3.05, 3.63) is 23.8 Å². The third kappa shape index (κ3) is 2.70. The van der Waals surface area contributed by atoms with Crippen molar-refractivity contribution in [3.8, 4) is 11.5 Å². The fraction of sp³-hybridized carbons (Fsp3) is 0.538. The minimum Gasteiger partial charge on any atom is -0.504 e. The monoisotopic (exact) mass is 237 g/mol. The van der Waals surface area contributed by atoms with Crippen LogP contribution in [0, 0.1) is 0 Å². The second-order valence-corrected chi connectivity index (χ2v) is 4.40. The van der Waals surface area contributed by atoms with Crippen LogP contribution in [-0.2, 0) is 11.3 Å². The molecule has 2 rings (SSSR count). The topological polar surface area (TPSA) is 41.9 Å². The van der Waals surface area contributed by atoms with Crippen molar-refractivity contribution in [2.45, 2.75) is 19.0 Å². The maximum Gasteiger partial charge on any atom is 0.162 e. The number of aromatic hydroxyl groups is 1. The van der Waals surface area contributed by atoms with Gasteiger partial charge in [-0.1, -0.05) is 12.1 Å². The van der Waals surface area contributed by atoms with Gasteiger partial charge in [0.15, 0.2) is 11.5 Å². The van der Waals surface area contributed by atoms with E-state index in [4.69, 9.17) is 9.47 Å². The summed E-state index contributed by atoms with van der Waals surface area (Å²) in [7, 11) is 3.62. The van der Waals surface area contributed by atoms with Crippen molar-refractivity contribution in [3.63, 3.8) is 0 Å². The molecule has 1 aliphatic rings. The zero-order valence-corrected chi connectivity index (χ0v) is 10.3. The Balaban J connectivity index is 2.07. The highest BCUT2D eigenvalue weighted by atomic mass is 16.5. The van der Waals surface area contributed by atoms with E-state index in [1.807, 2.05) is 12.1 Å². The number of rotatable bonds is 4. The SMILES string of the molecule is COc1cccc(CN(C)C2CCOC2)c1O. The van der Waals surface area contributed by atoms with Crippen molar-refractivity contribution in [2.24, 2.45) is 0 Å². The molecule has 0 aliphatic carbocycles. The third-order valence-electron chi connectivity index (χ3n) is 3.25. The molecule has 1 aliphatic heterocycles. The number of ether oxygens (including phenoxy) is 2. The van der Waals surface area contributed by atoms with Gasteiger partial charge in [0.05, 0.1) is 13.7 Å². The lowest BCUT2D eigenvalue weighted by atomic mass is 10.1. The minimum absolute atomic E-state index is 0.237. The third-order valence-corrected chi connectivity index (χ3v) is 3.25. The fourth-order valence-corrected chi connectivity index (χ4v) is 2.13. The number of benzene rings is 1. The van der Waals surface area contributed by atoms with Crippen LogP contribution in [0.5, 0.6) is 11.5 Å². The number of phenols is 1. The van der Waals surface area contributed by atoms with Crippen LogP contribution < -0.4 is 4.74 Å². The Morgan fingerprint density at radius 2 is 2.35 bits per heavy atom. The number of nitrogens with zero attached hydrogens (tertiary/aromatic N) is 1. The summed E-state index contributed by atoms with van der Waals surface area (Å²) in [6.07, 6.45) is 1.06. The Hall–Kier alpha value is -1.26. The molecule has 0 saturated carbocycles. The Bertz CT molecular complexity index is 375. The lowest BCUT2D eigenvalue weighted by Gasteiger charge is -2.23. The molecule has 1 N–H and O–H groups in total. The van der Waals surface area contributed by atoms with Crippen LogP contribution in [0.2, 0.25) is 0 Å². The van der Waals surface area contributed by atoms with Crippen LogP contribution in [0.15, 0.2) is 18.2 Å². The van der Waals surface area contributed by atoms with Crippen LogP contribution in [0.4, 0.5) is 0 Å². The Labute approximate surface area is 102 Å². The summed E-state index contributed by atoms with van der Waals surface area (Å²) in [5, 5.41) is 10.00. The van der Waals surface area contributed by atoms with Gasteiger partial charge in [0.1, 0.15) is 0 Å². The van der Waals surface area contributed by atoms with Crippen molar-refractivity contribution in [1.82, 2.24) is 4.90 Å². The first-order valence-corrected chi connectivity index (χ1v) is 5.85. The average molecular weight is 237 g/mol. The van der Waals surface area contributed by atoms with Gasteiger partial charge in [-0.3, -0.25) is 4.90 Å². The predicted molar refractivity (Wildman–Crippen MR) is 65.3 cm³/mol. The van der Waals surface area contributed by atoms with Gasteiger partial charge in [0.2, 0.25) is 0 Å². The number of para-hydroxylation sites is 1. The van der Waals surface area contributed by atoms with Crippen LogP contribution >= 0.6 is 0 Å². The molecule has 1 fully saturated rings. The van der Waals surface area contributed by atoms with Crippen LogP contribution in [0.1, 0.15) is 12.0 Å². The summed E-state index contributed by atoms with van der Waals surface area (Å²) in [5.41, 5.74) is 0.888. The first kappa shape index (κ1) is 12.2. The normalized spacial score (nSPS) is 19.8. The maximum absolute atomic E-state index is 10.00. The van der Waals surface area contributed by atoms with Gasteiger partial charge in [-0.05, 0) is 19.5 Å². The van der Waals surface area contributed by atoms with Crippen molar-refractivity contribution < 1.29 is 14.6 Å². The molecule has 1 aromatic carbocycles. The molecular formula is C13H19NO3. The lowest BCUT2D eigenvalue weighted by Crippen LogP contribution is -2.31. The summed E-state index contributed by atoms with van der Waals surface area (Å²) in [4.78, 5) is 2.21. The number of likely N-dealkylation sites (N-methyl/N-ethyl adjacent to an activating group) is 1. The van der Waals surface area contributed by atoms with Gasteiger partial charge < -0.3 is 14.6 Å². The molecule has 0 spiro atoms. The minimum atomic E-state index is 0.237. The first-order chi connectivity index (χ1) is 8.22. The van der Waals surface area contributed by atoms with Crippen molar-refractivity contribution >= 4 is 0 Å². The summed E-state index contributed by atoms with van der Waals surface area (Å²) in [6.45, 7) is 2.32. The molecule has 0 aromatic heterocycles. The van der Waals surface area contributed by atoms with Gasteiger partial charge >= 0.3 is 0 Å². The second kappa shape index (κ2) is 5.38. The van der Waals surface area contributed by atoms with Crippen LogP contribution in [0.25, 0.3) is 0 Å². The van der Waals surface area contributed by atoms with Crippen molar-refractivity contribution in [2.75, 3.05) is 27.4 Å². The molecule has 17 heavy (non-hydrogen) atoms. The van der Waals surface area contributed by atoms with E-state index in [0.717, 1.165) is 25.2 Å². The number of methoxy groups -OCH3 is 1. The Morgan fingerprint density at radius 3 is 3.00 bits per heavy atom. The Kier molecular flexibility index (Phi) is 3.86. The summed E-state index contributed by atoms with van der Waals surface area (Å²) < 4.78 is 10.5. The molecule has 1 aromatic rings. The van der Waals surface area contributed by atoms with Crippen LogP contribution in [-0.4, -0.2) is 43.4 Å². The number of hydrogen-bond acceptors (Lipinski definition) is 4. The summed E-state index contributed by atoms with van der Waals surface area (Å²) >= 11 is 0. The van der Waals surface area contributed by atoms with Gasteiger partial charge in [0.25, 0.3) is 0 Å². The maximum atomic E-state index is 10.00. The smallest absolute Gasteiger partial charge is 0.162 e. The first-order valence-electron chi connectivity index (χ1n) is 5.85. The predicted octanol–water partition coefficient (Wildman–Crippen LogP) is 1.62. The average Bonchev–Trinajstić information content (AvgIpc) is 2.85. The molecule has 1 saturated heterocycles. The van der Waals surface area contributed by atoms with Crippen LogP contribution in [0.3, 0.4) is 0 Å². The van der Waals surface area contributed by atoms with Gasteiger partial charge in [-0.15, -0.1) is 0 Å². The summed E-state index contributed by atoms with van der Waals surface area (Å²) in [6, 6.07) is 6.02. The van der Waals surface area contributed by atoms with E-state index in [1.54, 1.807) is 13.2 Å². The Morgan fingerprint density at radius 1 is 1.53 bits per heavy atom. The lowest BCUT2D eigenvalue weighted by molar-refractivity contribution is 0.155. The molecule has 0 bridgehead atoms. The van der Waals surface area contributed by atoms with E-state index < -0.39 is 0 Å². The number of hydrogen-bond donors (Lipinski definition) is 1. The molecule has 4 heteroatoms. The second-order valence-electron chi connectivity index (χ2n) is 4.40. The highest BCUT2D eigenvalue weighted by Crippen LogP contribution is 2.30. The quantitative estimate of drug-likeness (QED) is 0.864. The molecular weight excluding hydrogens is 218 g/mol. The fourth-order valence-electron chi connectivity index (χ4n) is 2.13. The van der Waals surface area contributed by atoms with Gasteiger partial charge in [0, 0.05) is 24.8 Å². The standard InChI is InChI=1S/C13H19NO3/c1-14(11-6-7-17-9-11)8-10-4-3-5-12(16-2)13(10)15/h3-5,11,15H,6-9H2,1-2H3. The van der Waals surface area contributed by atoms with E-state index in [9.17, 15) is 5.11 Å². The zero-order valence-electron chi connectivity index (χ0n) is 10.3. The molecule has 1 unspecified atom stereocenters. The molecule has 0 radical (unpaired) electrons. The van der Waals surface area contributed by atoms with Gasteiger partial charge in [-0.2, -0.15) is 0 Å². The molecule has 1 heterocycles. The van der Waals surface area contributed by atoms with Gasteiger partial charge in [-0.25, -0.2) is 0 Å². The molecule has 94 valence electrons. The van der Waals surface area contributed by atoms with E-state index in [0.29, 0.717) is 18.3 Å². The van der Waals surface area contributed by atoms with E-state index >= 15 is 0 Å². The zero-order chi connectivity index (χ0) is 12.3. The molecule has 1 atom stereocenters. The molecule has 4 nitrogen and oxygen atoms in total. The number of phenolic OH excluding ortho intramolecular Hbond substituents is 1. The van der Waals surface area contributed by atoms with Crippen molar-refractivity contribution in [1.29, 1.82) is 0 Å². The molecule has 0 amide bonds. The van der Waals surface area contributed by atoms with E-state index in [1.165, 1.54) is 0 Å². The highest BCUT2D eigenvalue weighted by molar-refractivity contribution is 5.45. The van der Waals surface area contributed by atoms with E-state index in [2.05, 4.69) is 11.9 Å². The van der Waals surface area contributed by atoms with E-state index in [-0.39, 0.29) is 5.75 Å².